The molecule has 1 aromatic heterocycles. The first-order chi connectivity index (χ1) is 13.0. The summed E-state index contributed by atoms with van der Waals surface area (Å²) in [5.74, 6) is 0.0654. The predicted octanol–water partition coefficient (Wildman–Crippen LogP) is 4.05. The zero-order valence-corrected chi connectivity index (χ0v) is 16.6. The number of para-hydroxylation sites is 1. The maximum atomic E-state index is 10.6. The highest BCUT2D eigenvalue weighted by Gasteiger charge is 2.29. The number of fused-ring (bicyclic) bond motifs is 2. The molecule has 0 spiro atoms. The van der Waals surface area contributed by atoms with Crippen molar-refractivity contribution in [3.05, 3.63) is 58.1 Å². The molecule has 2 N–H and O–H groups in total. The van der Waals surface area contributed by atoms with Crippen LogP contribution in [-0.4, -0.2) is 53.7 Å². The van der Waals surface area contributed by atoms with Crippen molar-refractivity contribution in [3.63, 3.8) is 0 Å². The minimum absolute atomic E-state index is 0.0654. The molecule has 0 saturated heterocycles. The van der Waals surface area contributed by atoms with E-state index in [0.29, 0.717) is 23.6 Å². The van der Waals surface area contributed by atoms with E-state index >= 15 is 0 Å². The van der Waals surface area contributed by atoms with Crippen molar-refractivity contribution in [2.75, 3.05) is 27.2 Å². The fraction of sp³-hybridized carbons (Fsp3) is 0.200. The highest BCUT2D eigenvalue weighted by atomic mass is 79.9. The number of H-pyrrole nitrogens is 1. The molecule has 27 heavy (non-hydrogen) atoms. The van der Waals surface area contributed by atoms with Crippen LogP contribution in [0.1, 0.15) is 11.1 Å². The molecule has 1 aliphatic heterocycles. The van der Waals surface area contributed by atoms with Gasteiger partial charge in [-0.05, 0) is 38.4 Å². The molecule has 0 atom stereocenters. The van der Waals surface area contributed by atoms with Crippen molar-refractivity contribution in [1.29, 1.82) is 0 Å². The number of benzene rings is 2. The summed E-state index contributed by atoms with van der Waals surface area (Å²) >= 11 is 3.50. The molecule has 4 rings (SSSR count). The summed E-state index contributed by atoms with van der Waals surface area (Å²) < 4.78 is 0.923. The first kappa shape index (κ1) is 17.8. The van der Waals surface area contributed by atoms with Gasteiger partial charge in [0.15, 0.2) is 5.88 Å². The summed E-state index contributed by atoms with van der Waals surface area (Å²) in [6.07, 6.45) is 0. The standard InChI is InChI=1S/C20H19BrN4O2/c1-25(2)9-10-27-24-18-13-5-3-4-6-15(13)22-19(18)17-14-11-12(21)7-8-16(14)23-20(17)26/h3-8,11,23,26H,9-10H2,1-2H3. The molecule has 1 aliphatic rings. The number of halogens is 1. The van der Waals surface area contributed by atoms with Crippen LogP contribution in [0.3, 0.4) is 0 Å². The average Bonchev–Trinajstić information content (AvgIpc) is 3.14. The van der Waals surface area contributed by atoms with Gasteiger partial charge in [0.25, 0.3) is 0 Å². The quantitative estimate of drug-likeness (QED) is 0.477. The molecule has 3 aromatic rings. The van der Waals surface area contributed by atoms with E-state index in [1.807, 2.05) is 61.5 Å². The number of likely N-dealkylation sites (N-methyl/N-ethyl adjacent to an activating group) is 1. The van der Waals surface area contributed by atoms with Gasteiger partial charge >= 0.3 is 0 Å². The summed E-state index contributed by atoms with van der Waals surface area (Å²) in [6.45, 7) is 1.23. The lowest BCUT2D eigenvalue weighted by atomic mass is 10.0. The van der Waals surface area contributed by atoms with Crippen molar-refractivity contribution in [2.24, 2.45) is 10.1 Å². The lowest BCUT2D eigenvalue weighted by Crippen LogP contribution is -2.18. The molecule has 0 fully saturated rings. The average molecular weight is 427 g/mol. The number of aromatic amines is 1. The highest BCUT2D eigenvalue weighted by Crippen LogP contribution is 2.36. The summed E-state index contributed by atoms with van der Waals surface area (Å²) in [5.41, 5.74) is 4.38. The van der Waals surface area contributed by atoms with Gasteiger partial charge in [-0.1, -0.05) is 39.3 Å². The normalized spacial score (nSPS) is 14.8. The van der Waals surface area contributed by atoms with Gasteiger partial charge in [-0.2, -0.15) is 0 Å². The second-order valence-corrected chi connectivity index (χ2v) is 7.51. The van der Waals surface area contributed by atoms with Crippen LogP contribution in [0.5, 0.6) is 5.88 Å². The molecule has 7 heteroatoms. The Bertz CT molecular complexity index is 1070. The first-order valence-electron chi connectivity index (χ1n) is 8.58. The number of rotatable bonds is 5. The Hall–Kier alpha value is -2.64. The van der Waals surface area contributed by atoms with Gasteiger partial charge < -0.3 is 19.8 Å². The summed E-state index contributed by atoms with van der Waals surface area (Å²) in [5, 5.41) is 15.8. The Labute approximate surface area is 165 Å². The van der Waals surface area contributed by atoms with Crippen molar-refractivity contribution in [2.45, 2.75) is 0 Å². The first-order valence-corrected chi connectivity index (χ1v) is 9.37. The zero-order valence-electron chi connectivity index (χ0n) is 15.0. The van der Waals surface area contributed by atoms with Crippen LogP contribution in [-0.2, 0) is 4.84 Å². The highest BCUT2D eigenvalue weighted by molar-refractivity contribution is 9.10. The fourth-order valence-corrected chi connectivity index (χ4v) is 3.42. The van der Waals surface area contributed by atoms with Gasteiger partial charge in [0, 0.05) is 27.5 Å². The fourth-order valence-electron chi connectivity index (χ4n) is 3.06. The molecular formula is C20H19BrN4O2. The Balaban J connectivity index is 1.80. The number of hydrogen-bond donors (Lipinski definition) is 2. The number of aliphatic imine (C=N–C) groups is 1. The summed E-state index contributed by atoms with van der Waals surface area (Å²) in [6, 6.07) is 13.6. The van der Waals surface area contributed by atoms with Crippen LogP contribution in [0.2, 0.25) is 0 Å². The minimum Gasteiger partial charge on any atom is -0.494 e. The van der Waals surface area contributed by atoms with E-state index in [-0.39, 0.29) is 5.88 Å². The Morgan fingerprint density at radius 2 is 2.04 bits per heavy atom. The van der Waals surface area contributed by atoms with E-state index in [9.17, 15) is 5.11 Å². The Kier molecular flexibility index (Phi) is 4.72. The van der Waals surface area contributed by atoms with E-state index in [2.05, 4.69) is 26.1 Å². The van der Waals surface area contributed by atoms with Gasteiger partial charge in [-0.25, -0.2) is 4.99 Å². The van der Waals surface area contributed by atoms with Crippen LogP contribution in [0.15, 0.2) is 57.1 Å². The largest absolute Gasteiger partial charge is 0.494 e. The third kappa shape index (κ3) is 3.36. The van der Waals surface area contributed by atoms with Gasteiger partial charge in [0.2, 0.25) is 0 Å². The molecule has 2 aromatic carbocycles. The third-order valence-corrected chi connectivity index (χ3v) is 4.87. The van der Waals surface area contributed by atoms with E-state index in [0.717, 1.165) is 33.2 Å². The molecule has 138 valence electrons. The molecule has 0 saturated carbocycles. The molecule has 0 bridgehead atoms. The number of nitrogens with zero attached hydrogens (tertiary/aromatic N) is 3. The molecule has 0 unspecified atom stereocenters. The number of nitrogens with one attached hydrogen (secondary N) is 1. The Morgan fingerprint density at radius 3 is 2.85 bits per heavy atom. The lowest BCUT2D eigenvalue weighted by Gasteiger charge is -2.09. The smallest absolute Gasteiger partial charge is 0.199 e. The SMILES string of the molecule is CN(C)CCON=C1C(c2c(O)[nH]c3ccc(Br)cc23)=Nc2ccccc21. The number of oxime groups is 1. The van der Waals surface area contributed by atoms with Crippen molar-refractivity contribution < 1.29 is 9.94 Å². The number of aromatic hydroxyl groups is 1. The van der Waals surface area contributed by atoms with E-state index in [1.54, 1.807) is 0 Å². The number of hydrogen-bond acceptors (Lipinski definition) is 5. The zero-order chi connectivity index (χ0) is 19.0. The lowest BCUT2D eigenvalue weighted by molar-refractivity contribution is 0.126. The Morgan fingerprint density at radius 1 is 1.22 bits per heavy atom. The summed E-state index contributed by atoms with van der Waals surface area (Å²) in [4.78, 5) is 15.3. The predicted molar refractivity (Wildman–Crippen MR) is 111 cm³/mol. The van der Waals surface area contributed by atoms with Gasteiger partial charge in [-0.15, -0.1) is 0 Å². The molecule has 6 nitrogen and oxygen atoms in total. The second kappa shape index (κ2) is 7.17. The van der Waals surface area contributed by atoms with E-state index in [4.69, 9.17) is 9.83 Å². The maximum absolute atomic E-state index is 10.6. The maximum Gasteiger partial charge on any atom is 0.199 e. The van der Waals surface area contributed by atoms with Crippen LogP contribution in [0.4, 0.5) is 5.69 Å². The molecule has 0 aliphatic carbocycles. The minimum atomic E-state index is 0.0654. The van der Waals surface area contributed by atoms with E-state index < -0.39 is 0 Å². The molecule has 0 radical (unpaired) electrons. The molecule has 0 amide bonds. The van der Waals surface area contributed by atoms with Crippen LogP contribution < -0.4 is 0 Å². The van der Waals surface area contributed by atoms with Gasteiger partial charge in [-0.3, -0.25) is 0 Å². The van der Waals surface area contributed by atoms with Crippen molar-refractivity contribution >= 4 is 43.9 Å². The van der Waals surface area contributed by atoms with Crippen LogP contribution >= 0.6 is 15.9 Å². The van der Waals surface area contributed by atoms with Crippen LogP contribution in [0.25, 0.3) is 10.9 Å². The molecular weight excluding hydrogens is 408 g/mol. The van der Waals surface area contributed by atoms with E-state index in [1.165, 1.54) is 0 Å². The van der Waals surface area contributed by atoms with Gasteiger partial charge in [0.1, 0.15) is 18.0 Å². The third-order valence-electron chi connectivity index (χ3n) is 4.38. The van der Waals surface area contributed by atoms with Crippen molar-refractivity contribution in [3.8, 4) is 5.88 Å². The second-order valence-electron chi connectivity index (χ2n) is 6.59. The van der Waals surface area contributed by atoms with Crippen LogP contribution in [0, 0.1) is 0 Å². The van der Waals surface area contributed by atoms with Crippen molar-refractivity contribution in [1.82, 2.24) is 9.88 Å². The monoisotopic (exact) mass is 426 g/mol. The molecule has 2 heterocycles. The summed E-state index contributed by atoms with van der Waals surface area (Å²) in [7, 11) is 3.96. The van der Waals surface area contributed by atoms with Gasteiger partial charge in [0.05, 0.1) is 11.3 Å². The topological polar surface area (TPSA) is 73.2 Å². The number of aromatic nitrogens is 1.